The van der Waals surface area contributed by atoms with E-state index in [0.29, 0.717) is 5.82 Å². The van der Waals surface area contributed by atoms with Crippen LogP contribution in [0.25, 0.3) is 0 Å². The van der Waals surface area contributed by atoms with Crippen LogP contribution in [-0.4, -0.2) is 16.0 Å². The smallest absolute Gasteiger partial charge is 0.139 e. The lowest BCUT2D eigenvalue weighted by Gasteiger charge is -2.24. The Morgan fingerprint density at radius 3 is 2.73 bits per heavy atom. The molecule has 1 aliphatic rings. The molecule has 0 fully saturated rings. The van der Waals surface area contributed by atoms with Crippen molar-refractivity contribution < 1.29 is 0 Å². The molecule has 2 rings (SSSR count). The highest BCUT2D eigenvalue weighted by Gasteiger charge is 2.24. The van der Waals surface area contributed by atoms with Crippen LogP contribution in [0.15, 0.2) is 36.3 Å². The molecular formula is C11H14N4. The summed E-state index contributed by atoms with van der Waals surface area (Å²) < 4.78 is 0. The zero-order chi connectivity index (χ0) is 11.0. The number of aromatic nitrogens is 2. The van der Waals surface area contributed by atoms with Crippen LogP contribution in [0.5, 0.6) is 0 Å². The van der Waals surface area contributed by atoms with E-state index in [1.165, 1.54) is 11.9 Å². The summed E-state index contributed by atoms with van der Waals surface area (Å²) in [4.78, 5) is 10.1. The molecule has 2 N–H and O–H groups in total. The summed E-state index contributed by atoms with van der Waals surface area (Å²) in [5.74, 6) is 1.28. The number of nitrogen functional groups attached to an aromatic ring is 1. The predicted molar refractivity (Wildman–Crippen MR) is 61.3 cm³/mol. The maximum Gasteiger partial charge on any atom is 0.139 e. The van der Waals surface area contributed by atoms with Gasteiger partial charge in [-0.3, -0.25) is 0 Å². The quantitative estimate of drug-likeness (QED) is 0.753. The molecule has 1 atom stereocenters. The van der Waals surface area contributed by atoms with Crippen LogP contribution >= 0.6 is 0 Å². The summed E-state index contributed by atoms with van der Waals surface area (Å²) in [5.41, 5.74) is 7.78. The standard InChI is InChI=1S/C11H14N4/c1-7-4-8(2)15(9(7)3)11-5-10(12)13-6-14-11/h4-6,8H,3H2,1-2H3,(H2,12,13,14)/t8-/m0/s1. The van der Waals surface area contributed by atoms with E-state index < -0.39 is 0 Å². The summed E-state index contributed by atoms with van der Waals surface area (Å²) in [7, 11) is 0. The highest BCUT2D eigenvalue weighted by Crippen LogP contribution is 2.30. The predicted octanol–water partition coefficient (Wildman–Crippen LogP) is 1.73. The van der Waals surface area contributed by atoms with Crippen LogP contribution in [0.1, 0.15) is 13.8 Å². The third-order valence-electron chi connectivity index (χ3n) is 2.57. The number of hydrogen-bond donors (Lipinski definition) is 1. The molecule has 15 heavy (non-hydrogen) atoms. The normalized spacial score (nSPS) is 20.7. The van der Waals surface area contributed by atoms with E-state index in [-0.39, 0.29) is 6.04 Å². The molecule has 1 aromatic heterocycles. The second-order valence-corrected chi connectivity index (χ2v) is 3.71. The van der Waals surface area contributed by atoms with Crippen LogP contribution < -0.4 is 10.6 Å². The number of rotatable bonds is 1. The summed E-state index contributed by atoms with van der Waals surface area (Å²) >= 11 is 0. The van der Waals surface area contributed by atoms with E-state index >= 15 is 0 Å². The van der Waals surface area contributed by atoms with Gasteiger partial charge in [0.15, 0.2) is 0 Å². The Balaban J connectivity index is 2.37. The van der Waals surface area contributed by atoms with Crippen molar-refractivity contribution in [2.75, 3.05) is 10.6 Å². The van der Waals surface area contributed by atoms with Crippen molar-refractivity contribution in [2.45, 2.75) is 19.9 Å². The fourth-order valence-corrected chi connectivity index (χ4v) is 1.81. The fraction of sp³-hybridized carbons (Fsp3) is 0.273. The van der Waals surface area contributed by atoms with Crippen LogP contribution in [-0.2, 0) is 0 Å². The summed E-state index contributed by atoms with van der Waals surface area (Å²) in [6, 6.07) is 2.03. The van der Waals surface area contributed by atoms with Crippen LogP contribution in [0.3, 0.4) is 0 Å². The molecule has 0 aromatic carbocycles. The van der Waals surface area contributed by atoms with E-state index in [0.717, 1.165) is 11.5 Å². The minimum absolute atomic E-state index is 0.270. The minimum atomic E-state index is 0.270. The lowest BCUT2D eigenvalue weighted by molar-refractivity contribution is 0.848. The van der Waals surface area contributed by atoms with E-state index in [4.69, 9.17) is 5.73 Å². The molecule has 0 saturated heterocycles. The van der Waals surface area contributed by atoms with Gasteiger partial charge in [0.05, 0.1) is 6.04 Å². The van der Waals surface area contributed by atoms with Crippen molar-refractivity contribution in [3.63, 3.8) is 0 Å². The first-order valence-corrected chi connectivity index (χ1v) is 4.84. The molecule has 4 nitrogen and oxygen atoms in total. The lowest BCUT2D eigenvalue weighted by Crippen LogP contribution is -2.26. The van der Waals surface area contributed by atoms with Crippen LogP contribution in [0, 0.1) is 0 Å². The van der Waals surface area contributed by atoms with Gasteiger partial charge in [-0.05, 0) is 19.4 Å². The van der Waals surface area contributed by atoms with Gasteiger partial charge in [0.25, 0.3) is 0 Å². The maximum absolute atomic E-state index is 5.63. The molecule has 0 spiro atoms. The molecule has 1 aromatic rings. The first-order valence-electron chi connectivity index (χ1n) is 4.84. The molecule has 0 aliphatic carbocycles. The maximum atomic E-state index is 5.63. The van der Waals surface area contributed by atoms with Crippen molar-refractivity contribution in [2.24, 2.45) is 0 Å². The average molecular weight is 202 g/mol. The van der Waals surface area contributed by atoms with E-state index in [9.17, 15) is 0 Å². The number of anilines is 2. The zero-order valence-electron chi connectivity index (χ0n) is 8.94. The van der Waals surface area contributed by atoms with Gasteiger partial charge < -0.3 is 10.6 Å². The SMILES string of the molecule is C=C1C(C)=C[C@H](C)N1c1cc(N)ncn1. The average Bonchev–Trinajstić information content (AvgIpc) is 2.41. The highest BCUT2D eigenvalue weighted by molar-refractivity contribution is 5.60. The Morgan fingerprint density at radius 1 is 1.47 bits per heavy atom. The molecule has 0 radical (unpaired) electrons. The van der Waals surface area contributed by atoms with Crippen molar-refractivity contribution in [1.29, 1.82) is 0 Å². The van der Waals surface area contributed by atoms with Crippen LogP contribution in [0.2, 0.25) is 0 Å². The Kier molecular flexibility index (Phi) is 2.19. The van der Waals surface area contributed by atoms with Gasteiger partial charge in [-0.25, -0.2) is 9.97 Å². The van der Waals surface area contributed by atoms with Gasteiger partial charge in [-0.2, -0.15) is 0 Å². The third kappa shape index (κ3) is 1.58. The first-order chi connectivity index (χ1) is 7.09. The molecule has 0 saturated carbocycles. The Morgan fingerprint density at radius 2 is 2.20 bits per heavy atom. The van der Waals surface area contributed by atoms with Gasteiger partial charge in [-0.1, -0.05) is 12.7 Å². The molecule has 0 amide bonds. The van der Waals surface area contributed by atoms with E-state index in [2.05, 4.69) is 29.5 Å². The lowest BCUT2D eigenvalue weighted by atomic mass is 10.2. The van der Waals surface area contributed by atoms with Crippen molar-refractivity contribution in [1.82, 2.24) is 9.97 Å². The molecule has 78 valence electrons. The largest absolute Gasteiger partial charge is 0.384 e. The van der Waals surface area contributed by atoms with Crippen LogP contribution in [0.4, 0.5) is 11.6 Å². The minimum Gasteiger partial charge on any atom is -0.384 e. The number of nitrogens with zero attached hydrogens (tertiary/aromatic N) is 3. The number of allylic oxidation sites excluding steroid dienone is 1. The second kappa shape index (κ2) is 3.38. The third-order valence-corrected chi connectivity index (χ3v) is 2.57. The first kappa shape index (κ1) is 9.71. The van der Waals surface area contributed by atoms with Crippen molar-refractivity contribution >= 4 is 11.6 Å². The van der Waals surface area contributed by atoms with E-state index in [1.54, 1.807) is 6.07 Å². The zero-order valence-corrected chi connectivity index (χ0v) is 8.94. The van der Waals surface area contributed by atoms with Crippen molar-refractivity contribution in [3.8, 4) is 0 Å². The Labute approximate surface area is 89.1 Å². The number of hydrogen-bond acceptors (Lipinski definition) is 4. The van der Waals surface area contributed by atoms with Gasteiger partial charge in [0, 0.05) is 11.8 Å². The highest BCUT2D eigenvalue weighted by atomic mass is 15.2. The molecule has 0 bridgehead atoms. The fourth-order valence-electron chi connectivity index (χ4n) is 1.81. The van der Waals surface area contributed by atoms with Gasteiger partial charge in [-0.15, -0.1) is 0 Å². The monoisotopic (exact) mass is 202 g/mol. The molecule has 2 heterocycles. The number of nitrogens with two attached hydrogens (primary N) is 1. The topological polar surface area (TPSA) is 55.0 Å². The summed E-state index contributed by atoms with van der Waals surface area (Å²) in [5, 5.41) is 0. The molecule has 1 aliphatic heterocycles. The van der Waals surface area contributed by atoms with E-state index in [1.807, 2.05) is 11.8 Å². The molecule has 0 unspecified atom stereocenters. The van der Waals surface area contributed by atoms with Gasteiger partial charge in [0.1, 0.15) is 18.0 Å². The second-order valence-electron chi connectivity index (χ2n) is 3.71. The Bertz CT molecular complexity index is 436. The molecular weight excluding hydrogens is 188 g/mol. The van der Waals surface area contributed by atoms with Crippen molar-refractivity contribution in [3.05, 3.63) is 36.3 Å². The Hall–Kier alpha value is -1.84. The van der Waals surface area contributed by atoms with Gasteiger partial charge >= 0.3 is 0 Å². The summed E-state index contributed by atoms with van der Waals surface area (Å²) in [6.07, 6.45) is 3.62. The summed E-state index contributed by atoms with van der Waals surface area (Å²) in [6.45, 7) is 8.17. The molecule has 4 heteroatoms. The van der Waals surface area contributed by atoms with Gasteiger partial charge in [0.2, 0.25) is 0 Å².